The molecular weight excluding hydrogens is 453 g/mol. The van der Waals surface area contributed by atoms with Crippen LogP contribution in [0.3, 0.4) is 0 Å². The Bertz CT molecular complexity index is 1170. The summed E-state index contributed by atoms with van der Waals surface area (Å²) in [6.45, 7) is 3.24. The van der Waals surface area contributed by atoms with Gasteiger partial charge in [-0.05, 0) is 38.7 Å². The number of piperidine rings is 1. The molecule has 1 N–H and O–H groups in total. The van der Waals surface area contributed by atoms with Crippen molar-refractivity contribution in [1.29, 1.82) is 0 Å². The summed E-state index contributed by atoms with van der Waals surface area (Å²) in [5.41, 5.74) is 0.880. The highest BCUT2D eigenvalue weighted by atomic mass is 32.2. The summed E-state index contributed by atoms with van der Waals surface area (Å²) < 4.78 is 40.3. The van der Waals surface area contributed by atoms with Crippen molar-refractivity contribution in [1.82, 2.24) is 19.2 Å². The minimum Gasteiger partial charge on any atom is -0.351 e. The standard InChI is InChI=1S/C21H26FN5O3S2/c1-3-32(29,30)27-8-4-13(5-9-27)24-20-23-11-15(22)17(25-20)16-10-14-18(31-16)21(6-7-21)12-26(2)19(14)28/h10-11,13H,3-9,12H2,1-2H3,(H,23,24,25). The fourth-order valence-corrected chi connectivity index (χ4v) is 7.16. The highest BCUT2D eigenvalue weighted by Gasteiger charge is 2.52. The average molecular weight is 480 g/mol. The Kier molecular flexibility index (Phi) is 5.25. The van der Waals surface area contributed by atoms with Crippen LogP contribution in [0.2, 0.25) is 0 Å². The van der Waals surface area contributed by atoms with E-state index in [1.54, 1.807) is 17.9 Å². The highest BCUT2D eigenvalue weighted by Crippen LogP contribution is 2.55. The van der Waals surface area contributed by atoms with Crippen LogP contribution in [0, 0.1) is 5.82 Å². The number of fused-ring (bicyclic) bond motifs is 2. The molecule has 8 nitrogen and oxygen atoms in total. The van der Waals surface area contributed by atoms with Crippen LogP contribution >= 0.6 is 11.3 Å². The quantitative estimate of drug-likeness (QED) is 0.709. The number of carbonyl (C=O) groups excluding carboxylic acids is 1. The van der Waals surface area contributed by atoms with Crippen LogP contribution in [0.1, 0.15) is 47.8 Å². The molecule has 32 heavy (non-hydrogen) atoms. The molecule has 172 valence electrons. The predicted octanol–water partition coefficient (Wildman–Crippen LogP) is 2.69. The van der Waals surface area contributed by atoms with Crippen molar-refractivity contribution in [3.63, 3.8) is 0 Å². The summed E-state index contributed by atoms with van der Waals surface area (Å²) in [6.07, 6.45) is 4.50. The molecule has 0 unspecified atom stereocenters. The SMILES string of the molecule is CCS(=O)(=O)N1CCC(Nc2ncc(F)c(-c3cc4c(s3)C3(CC3)CN(C)C4=O)n2)CC1. The second kappa shape index (κ2) is 7.74. The van der Waals surface area contributed by atoms with Gasteiger partial charge >= 0.3 is 0 Å². The topological polar surface area (TPSA) is 95.5 Å². The minimum absolute atomic E-state index is 0.0121. The van der Waals surface area contributed by atoms with Crippen LogP contribution in [-0.2, 0) is 15.4 Å². The smallest absolute Gasteiger partial charge is 0.254 e. The van der Waals surface area contributed by atoms with E-state index in [1.807, 2.05) is 7.05 Å². The van der Waals surface area contributed by atoms with Gasteiger partial charge in [0.05, 0.1) is 22.4 Å². The molecular formula is C21H26FN5O3S2. The molecule has 0 bridgehead atoms. The van der Waals surface area contributed by atoms with Gasteiger partial charge < -0.3 is 10.2 Å². The number of thiophene rings is 1. The molecule has 2 aromatic rings. The third-order valence-corrected chi connectivity index (χ3v) is 9.98. The van der Waals surface area contributed by atoms with Crippen molar-refractivity contribution in [3.8, 4) is 10.6 Å². The summed E-state index contributed by atoms with van der Waals surface area (Å²) in [5, 5.41) is 3.23. The highest BCUT2D eigenvalue weighted by molar-refractivity contribution is 7.89. The fraction of sp³-hybridized carbons (Fsp3) is 0.571. The van der Waals surface area contributed by atoms with E-state index in [4.69, 9.17) is 0 Å². The van der Waals surface area contributed by atoms with Gasteiger partial charge in [0, 0.05) is 43.0 Å². The lowest BCUT2D eigenvalue weighted by Gasteiger charge is -2.31. The lowest BCUT2D eigenvalue weighted by atomic mass is 9.95. The molecule has 0 atom stereocenters. The van der Waals surface area contributed by atoms with Gasteiger partial charge in [0.15, 0.2) is 5.82 Å². The molecule has 3 aliphatic rings. The number of rotatable bonds is 5. The van der Waals surface area contributed by atoms with E-state index < -0.39 is 15.8 Å². The molecule has 1 amide bonds. The first-order valence-corrected chi connectivity index (χ1v) is 13.3. The van der Waals surface area contributed by atoms with E-state index in [9.17, 15) is 17.6 Å². The van der Waals surface area contributed by atoms with Gasteiger partial charge in [-0.3, -0.25) is 4.79 Å². The van der Waals surface area contributed by atoms with E-state index in [0.29, 0.717) is 48.9 Å². The average Bonchev–Trinajstić information content (AvgIpc) is 3.40. The number of anilines is 1. The maximum absolute atomic E-state index is 14.7. The van der Waals surface area contributed by atoms with Crippen LogP contribution in [0.25, 0.3) is 10.6 Å². The van der Waals surface area contributed by atoms with Crippen LogP contribution < -0.4 is 5.32 Å². The summed E-state index contributed by atoms with van der Waals surface area (Å²) >= 11 is 1.46. The number of hydrogen-bond donors (Lipinski definition) is 1. The maximum atomic E-state index is 14.7. The van der Waals surface area contributed by atoms with E-state index >= 15 is 0 Å². The first kappa shape index (κ1) is 21.7. The monoisotopic (exact) mass is 479 g/mol. The molecule has 0 radical (unpaired) electrons. The summed E-state index contributed by atoms with van der Waals surface area (Å²) in [4.78, 5) is 24.6. The lowest BCUT2D eigenvalue weighted by Crippen LogP contribution is -2.43. The van der Waals surface area contributed by atoms with Crippen LogP contribution in [-0.4, -0.2) is 72.0 Å². The zero-order chi connectivity index (χ0) is 22.7. The van der Waals surface area contributed by atoms with E-state index in [0.717, 1.165) is 23.9 Å². The molecule has 1 saturated carbocycles. The number of nitrogens with one attached hydrogen (secondary N) is 1. The minimum atomic E-state index is -3.19. The van der Waals surface area contributed by atoms with Crippen molar-refractivity contribution in [3.05, 3.63) is 28.5 Å². The largest absolute Gasteiger partial charge is 0.351 e. The number of sulfonamides is 1. The molecule has 1 saturated heterocycles. The molecule has 1 aliphatic carbocycles. The Balaban J connectivity index is 1.36. The Morgan fingerprint density at radius 2 is 2.03 bits per heavy atom. The van der Waals surface area contributed by atoms with Gasteiger partial charge in [-0.1, -0.05) is 0 Å². The summed E-state index contributed by atoms with van der Waals surface area (Å²) in [7, 11) is -1.37. The first-order chi connectivity index (χ1) is 15.2. The molecule has 0 aromatic carbocycles. The molecule has 4 heterocycles. The number of carbonyl (C=O) groups is 1. The normalized spacial score (nSPS) is 21.1. The van der Waals surface area contributed by atoms with Crippen LogP contribution in [0.4, 0.5) is 10.3 Å². The molecule has 2 aliphatic heterocycles. The second-order valence-electron chi connectivity index (χ2n) is 8.90. The first-order valence-electron chi connectivity index (χ1n) is 10.9. The number of halogens is 1. The summed E-state index contributed by atoms with van der Waals surface area (Å²) in [5.74, 6) is -0.140. The third kappa shape index (κ3) is 3.69. The molecule has 2 aromatic heterocycles. The predicted molar refractivity (Wildman–Crippen MR) is 121 cm³/mol. The number of nitrogens with zero attached hydrogens (tertiary/aromatic N) is 4. The van der Waals surface area contributed by atoms with E-state index in [2.05, 4.69) is 15.3 Å². The Labute approximate surface area is 190 Å². The van der Waals surface area contributed by atoms with E-state index in [1.165, 1.54) is 15.6 Å². The van der Waals surface area contributed by atoms with Gasteiger partial charge in [-0.2, -0.15) is 0 Å². The van der Waals surface area contributed by atoms with Crippen molar-refractivity contribution < 1.29 is 17.6 Å². The molecule has 11 heteroatoms. The number of aromatic nitrogens is 2. The zero-order valence-electron chi connectivity index (χ0n) is 18.1. The number of hydrogen-bond acceptors (Lipinski definition) is 7. The van der Waals surface area contributed by atoms with Gasteiger partial charge in [-0.15, -0.1) is 11.3 Å². The molecule has 5 rings (SSSR count). The molecule has 2 fully saturated rings. The zero-order valence-corrected chi connectivity index (χ0v) is 19.7. The van der Waals surface area contributed by atoms with Crippen molar-refractivity contribution in [2.24, 2.45) is 0 Å². The maximum Gasteiger partial charge on any atom is 0.254 e. The number of amides is 1. The van der Waals surface area contributed by atoms with Gasteiger partial charge in [0.2, 0.25) is 16.0 Å². The Hall–Kier alpha value is -2.11. The third-order valence-electron chi connectivity index (χ3n) is 6.71. The van der Waals surface area contributed by atoms with Crippen molar-refractivity contribution in [2.75, 3.05) is 37.8 Å². The molecule has 1 spiro atoms. The van der Waals surface area contributed by atoms with Crippen molar-refractivity contribution in [2.45, 2.75) is 44.1 Å². The second-order valence-corrected chi connectivity index (χ2v) is 12.2. The van der Waals surface area contributed by atoms with Crippen LogP contribution in [0.15, 0.2) is 12.3 Å². The Morgan fingerprint density at radius 1 is 1.31 bits per heavy atom. The van der Waals surface area contributed by atoms with Crippen LogP contribution in [0.5, 0.6) is 0 Å². The Morgan fingerprint density at radius 3 is 2.69 bits per heavy atom. The lowest BCUT2D eigenvalue weighted by molar-refractivity contribution is 0.0760. The van der Waals surface area contributed by atoms with Gasteiger partial charge in [0.25, 0.3) is 5.91 Å². The van der Waals surface area contributed by atoms with Crippen molar-refractivity contribution >= 4 is 33.2 Å². The summed E-state index contributed by atoms with van der Waals surface area (Å²) in [6, 6.07) is 1.78. The fourth-order valence-electron chi connectivity index (χ4n) is 4.65. The number of likely N-dealkylation sites (N-methyl/N-ethyl adjacent to an activating group) is 1. The van der Waals surface area contributed by atoms with Gasteiger partial charge in [0.1, 0.15) is 5.69 Å². The van der Waals surface area contributed by atoms with E-state index in [-0.39, 0.29) is 28.8 Å². The van der Waals surface area contributed by atoms with Gasteiger partial charge in [-0.25, -0.2) is 27.1 Å².